The standard InChI is InChI=1S/C21H27BrN2O/c1-14(21-11-16-8-17(12-21)10-18(9-16)13-21)24-20(25)23-7-6-15-2-4-19(22)5-3-15/h2-7,14,16-18H,8-13H2,1H3,(H2,23,24,25)/b7-6+. The number of benzene rings is 1. The molecule has 1 atom stereocenters. The van der Waals surface area contributed by atoms with Gasteiger partial charge in [0.1, 0.15) is 0 Å². The molecule has 4 fully saturated rings. The maximum absolute atomic E-state index is 12.3. The molecule has 1 unspecified atom stereocenters. The van der Waals surface area contributed by atoms with Crippen molar-refractivity contribution in [3.8, 4) is 0 Å². The fourth-order valence-corrected chi connectivity index (χ4v) is 6.15. The van der Waals surface area contributed by atoms with Crippen LogP contribution in [0.2, 0.25) is 0 Å². The van der Waals surface area contributed by atoms with Crippen molar-refractivity contribution in [2.24, 2.45) is 23.2 Å². The van der Waals surface area contributed by atoms with Gasteiger partial charge in [0.05, 0.1) is 0 Å². The zero-order valence-electron chi connectivity index (χ0n) is 14.8. The van der Waals surface area contributed by atoms with Crippen molar-refractivity contribution >= 4 is 28.0 Å². The molecule has 0 spiro atoms. The van der Waals surface area contributed by atoms with Crippen LogP contribution in [-0.2, 0) is 0 Å². The lowest BCUT2D eigenvalue weighted by atomic mass is 9.48. The molecule has 2 amide bonds. The van der Waals surface area contributed by atoms with Crippen molar-refractivity contribution in [3.05, 3.63) is 40.5 Å². The molecule has 0 saturated heterocycles. The Hall–Kier alpha value is -1.29. The first-order valence-electron chi connectivity index (χ1n) is 9.51. The van der Waals surface area contributed by atoms with Crippen LogP contribution in [0.15, 0.2) is 34.9 Å². The van der Waals surface area contributed by atoms with Gasteiger partial charge >= 0.3 is 6.03 Å². The van der Waals surface area contributed by atoms with Crippen LogP contribution in [0.4, 0.5) is 4.79 Å². The lowest BCUT2D eigenvalue weighted by molar-refractivity contribution is -0.0681. The first-order valence-corrected chi connectivity index (χ1v) is 10.3. The van der Waals surface area contributed by atoms with Crippen LogP contribution in [0.1, 0.15) is 51.0 Å². The molecule has 25 heavy (non-hydrogen) atoms. The number of hydrogen-bond acceptors (Lipinski definition) is 1. The van der Waals surface area contributed by atoms with E-state index in [1.165, 1.54) is 38.5 Å². The highest BCUT2D eigenvalue weighted by atomic mass is 79.9. The second-order valence-electron chi connectivity index (χ2n) is 8.50. The molecule has 1 aromatic carbocycles. The van der Waals surface area contributed by atoms with Gasteiger partial charge in [-0.15, -0.1) is 0 Å². The topological polar surface area (TPSA) is 41.1 Å². The van der Waals surface area contributed by atoms with Crippen LogP contribution >= 0.6 is 15.9 Å². The van der Waals surface area contributed by atoms with Gasteiger partial charge in [-0.25, -0.2) is 4.79 Å². The number of carbonyl (C=O) groups is 1. The molecule has 0 radical (unpaired) electrons. The highest BCUT2D eigenvalue weighted by molar-refractivity contribution is 9.10. The van der Waals surface area contributed by atoms with Crippen LogP contribution < -0.4 is 10.6 Å². The van der Waals surface area contributed by atoms with E-state index in [1.807, 2.05) is 30.3 Å². The number of halogens is 1. The Kier molecular flexibility index (Phi) is 4.65. The Morgan fingerprint density at radius 1 is 1.12 bits per heavy atom. The third-order valence-electron chi connectivity index (χ3n) is 6.71. The van der Waals surface area contributed by atoms with Gasteiger partial charge in [0.15, 0.2) is 0 Å². The number of hydrogen-bond donors (Lipinski definition) is 2. The summed E-state index contributed by atoms with van der Waals surface area (Å²) in [7, 11) is 0. The maximum Gasteiger partial charge on any atom is 0.318 e. The second-order valence-corrected chi connectivity index (χ2v) is 9.42. The van der Waals surface area contributed by atoms with E-state index in [0.29, 0.717) is 5.41 Å². The average Bonchev–Trinajstić information content (AvgIpc) is 2.55. The average molecular weight is 403 g/mol. The van der Waals surface area contributed by atoms with Crippen LogP contribution in [0, 0.1) is 23.2 Å². The van der Waals surface area contributed by atoms with Gasteiger partial charge in [0, 0.05) is 16.7 Å². The minimum atomic E-state index is -0.0865. The van der Waals surface area contributed by atoms with Crippen LogP contribution in [0.25, 0.3) is 6.08 Å². The first-order chi connectivity index (χ1) is 12.0. The molecule has 4 saturated carbocycles. The molecule has 4 aliphatic rings. The summed E-state index contributed by atoms with van der Waals surface area (Å²) in [5.74, 6) is 2.74. The smallest absolute Gasteiger partial charge is 0.318 e. The molecule has 5 rings (SSSR count). The molecule has 134 valence electrons. The Bertz CT molecular complexity index is 632. The van der Waals surface area contributed by atoms with Crippen molar-refractivity contribution < 1.29 is 4.79 Å². The van der Waals surface area contributed by atoms with Crippen molar-refractivity contribution in [3.63, 3.8) is 0 Å². The number of rotatable bonds is 4. The Balaban J connectivity index is 1.32. The van der Waals surface area contributed by atoms with E-state index in [0.717, 1.165) is 27.8 Å². The molecule has 2 N–H and O–H groups in total. The minimum absolute atomic E-state index is 0.0865. The van der Waals surface area contributed by atoms with Crippen molar-refractivity contribution in [1.29, 1.82) is 0 Å². The van der Waals surface area contributed by atoms with Crippen LogP contribution in [-0.4, -0.2) is 12.1 Å². The van der Waals surface area contributed by atoms with Gasteiger partial charge in [-0.2, -0.15) is 0 Å². The number of nitrogens with one attached hydrogen (secondary N) is 2. The summed E-state index contributed by atoms with van der Waals surface area (Å²) < 4.78 is 1.06. The number of amides is 2. The van der Waals surface area contributed by atoms with Gasteiger partial charge in [0.25, 0.3) is 0 Å². The molecule has 0 aliphatic heterocycles. The summed E-state index contributed by atoms with van der Waals surface area (Å²) >= 11 is 3.43. The van der Waals surface area contributed by atoms with E-state index >= 15 is 0 Å². The Morgan fingerprint density at radius 3 is 2.24 bits per heavy atom. The van der Waals surface area contributed by atoms with Gasteiger partial charge in [-0.05, 0) is 92.4 Å². The predicted octanol–water partition coefficient (Wildman–Crippen LogP) is 5.32. The maximum atomic E-state index is 12.3. The highest BCUT2D eigenvalue weighted by Crippen LogP contribution is 2.61. The van der Waals surface area contributed by atoms with E-state index in [9.17, 15) is 4.79 Å². The van der Waals surface area contributed by atoms with Crippen LogP contribution in [0.5, 0.6) is 0 Å². The van der Waals surface area contributed by atoms with Crippen molar-refractivity contribution in [2.75, 3.05) is 0 Å². The van der Waals surface area contributed by atoms with Gasteiger partial charge < -0.3 is 10.6 Å². The minimum Gasteiger partial charge on any atom is -0.335 e. The Labute approximate surface area is 158 Å². The van der Waals surface area contributed by atoms with Gasteiger partial charge in [-0.3, -0.25) is 0 Å². The fourth-order valence-electron chi connectivity index (χ4n) is 5.89. The normalized spacial score (nSPS) is 34.2. The van der Waals surface area contributed by atoms with E-state index in [1.54, 1.807) is 6.20 Å². The van der Waals surface area contributed by atoms with Crippen molar-refractivity contribution in [2.45, 2.75) is 51.5 Å². The van der Waals surface area contributed by atoms with E-state index < -0.39 is 0 Å². The lowest BCUT2D eigenvalue weighted by Gasteiger charge is -2.59. The van der Waals surface area contributed by atoms with Crippen molar-refractivity contribution in [1.82, 2.24) is 10.6 Å². The summed E-state index contributed by atoms with van der Waals surface area (Å²) in [4.78, 5) is 12.3. The van der Waals surface area contributed by atoms with E-state index in [4.69, 9.17) is 0 Å². The first kappa shape index (κ1) is 17.1. The summed E-state index contributed by atoms with van der Waals surface area (Å²) in [5.41, 5.74) is 1.42. The summed E-state index contributed by atoms with van der Waals surface area (Å²) in [6, 6.07) is 8.18. The summed E-state index contributed by atoms with van der Waals surface area (Å²) in [5, 5.41) is 6.09. The molecule has 4 bridgehead atoms. The third kappa shape index (κ3) is 3.64. The fraction of sp³-hybridized carbons (Fsp3) is 0.571. The SMILES string of the molecule is CC(NC(=O)N/C=C/c1ccc(Br)cc1)C12CC3CC(CC(C3)C1)C2. The molecule has 1 aromatic rings. The monoisotopic (exact) mass is 402 g/mol. The van der Waals surface area contributed by atoms with Gasteiger partial charge in [-0.1, -0.05) is 28.1 Å². The zero-order valence-corrected chi connectivity index (χ0v) is 16.4. The highest BCUT2D eigenvalue weighted by Gasteiger charge is 2.53. The molecular weight excluding hydrogens is 376 g/mol. The second kappa shape index (κ2) is 6.79. The molecule has 0 aromatic heterocycles. The van der Waals surface area contributed by atoms with Gasteiger partial charge in [0.2, 0.25) is 0 Å². The number of urea groups is 1. The molecular formula is C21H27BrN2O. The zero-order chi connectivity index (χ0) is 17.4. The Morgan fingerprint density at radius 2 is 1.68 bits per heavy atom. The molecule has 3 nitrogen and oxygen atoms in total. The lowest BCUT2D eigenvalue weighted by Crippen LogP contribution is -2.56. The van der Waals surface area contributed by atoms with Crippen LogP contribution in [0.3, 0.4) is 0 Å². The molecule has 4 heteroatoms. The number of carbonyl (C=O) groups excluding carboxylic acids is 1. The summed E-state index contributed by atoms with van der Waals surface area (Å²) in [6.07, 6.45) is 11.9. The largest absolute Gasteiger partial charge is 0.335 e. The van der Waals surface area contributed by atoms with E-state index in [2.05, 4.69) is 33.5 Å². The predicted molar refractivity (Wildman–Crippen MR) is 105 cm³/mol. The molecule has 4 aliphatic carbocycles. The summed E-state index contributed by atoms with van der Waals surface area (Å²) in [6.45, 7) is 2.21. The quantitative estimate of drug-likeness (QED) is 0.702. The molecule has 0 heterocycles. The van der Waals surface area contributed by atoms with E-state index in [-0.39, 0.29) is 12.1 Å². The third-order valence-corrected chi connectivity index (χ3v) is 7.24.